The fraction of sp³-hybridized carbons (Fsp3) is 0.500. The van der Waals surface area contributed by atoms with Crippen molar-refractivity contribution in [3.8, 4) is 0 Å². The molecular weight excluding hydrogens is 340 g/mol. The van der Waals surface area contributed by atoms with Crippen molar-refractivity contribution in [3.05, 3.63) is 57.8 Å². The monoisotopic (exact) mass is 364 g/mol. The van der Waals surface area contributed by atoms with Gasteiger partial charge in [-0.1, -0.05) is 18.9 Å². The summed E-state index contributed by atoms with van der Waals surface area (Å²) in [5, 5.41) is 4.85. The summed E-state index contributed by atoms with van der Waals surface area (Å²) in [5.41, 5.74) is 2.86. The molecule has 1 saturated carbocycles. The zero-order valence-electron chi connectivity index (χ0n) is 15.6. The van der Waals surface area contributed by atoms with Crippen LogP contribution in [0.25, 0.3) is 5.52 Å². The van der Waals surface area contributed by atoms with Crippen LogP contribution in [0.5, 0.6) is 0 Å². The molecule has 0 bridgehead atoms. The maximum absolute atomic E-state index is 12.9. The highest BCUT2D eigenvalue weighted by Crippen LogP contribution is 2.33. The minimum Gasteiger partial charge on any atom is -0.291 e. The van der Waals surface area contributed by atoms with Crippen molar-refractivity contribution in [1.82, 2.24) is 29.0 Å². The van der Waals surface area contributed by atoms with Crippen LogP contribution in [0, 0.1) is 6.92 Å². The molecule has 5 rings (SSSR count). The number of pyridine rings is 1. The van der Waals surface area contributed by atoms with Crippen LogP contribution in [0.1, 0.15) is 54.5 Å². The standard InChI is InChI=1S/C20H24N6O/c1-14-6-7-15(10-21-14)12-24-8-9-25-18(13-24)23-26-17(20(25)27)11-22-19(26)16-4-2-3-5-16/h6-7,10-11,16H,2-5,8-9,12-13H2,1H3. The zero-order chi connectivity index (χ0) is 18.4. The van der Waals surface area contributed by atoms with Crippen LogP contribution < -0.4 is 5.56 Å². The predicted molar refractivity (Wildman–Crippen MR) is 102 cm³/mol. The highest BCUT2D eigenvalue weighted by molar-refractivity contribution is 5.43. The number of hydrogen-bond donors (Lipinski definition) is 0. The molecule has 0 atom stereocenters. The van der Waals surface area contributed by atoms with Crippen LogP contribution in [0.15, 0.2) is 29.3 Å². The Balaban J connectivity index is 1.47. The zero-order valence-corrected chi connectivity index (χ0v) is 15.6. The van der Waals surface area contributed by atoms with Crippen molar-refractivity contribution in [2.45, 2.75) is 58.2 Å². The van der Waals surface area contributed by atoms with Gasteiger partial charge in [0.05, 0.1) is 12.7 Å². The minimum absolute atomic E-state index is 0.0356. The number of aryl methyl sites for hydroxylation is 1. The molecule has 3 aromatic heterocycles. The molecule has 0 amide bonds. The quantitative estimate of drug-likeness (QED) is 0.713. The molecule has 0 saturated heterocycles. The molecule has 0 spiro atoms. The molecule has 3 aromatic rings. The lowest BCUT2D eigenvalue weighted by molar-refractivity contribution is 0.201. The highest BCUT2D eigenvalue weighted by atomic mass is 16.1. The summed E-state index contributed by atoms with van der Waals surface area (Å²) in [7, 11) is 0. The fourth-order valence-electron chi connectivity index (χ4n) is 4.35. The molecule has 7 heteroatoms. The van der Waals surface area contributed by atoms with E-state index in [0.717, 1.165) is 43.3 Å². The van der Waals surface area contributed by atoms with E-state index >= 15 is 0 Å². The molecule has 1 fully saturated rings. The van der Waals surface area contributed by atoms with Gasteiger partial charge >= 0.3 is 0 Å². The molecule has 7 nitrogen and oxygen atoms in total. The lowest BCUT2D eigenvalue weighted by Gasteiger charge is -2.28. The van der Waals surface area contributed by atoms with E-state index in [4.69, 9.17) is 5.10 Å². The van der Waals surface area contributed by atoms with E-state index in [1.807, 2.05) is 28.3 Å². The first-order valence-corrected chi connectivity index (χ1v) is 9.80. The summed E-state index contributed by atoms with van der Waals surface area (Å²) < 4.78 is 3.64. The maximum Gasteiger partial charge on any atom is 0.279 e. The second-order valence-electron chi connectivity index (χ2n) is 7.79. The molecule has 1 aliphatic heterocycles. The Morgan fingerprint density at radius 3 is 2.74 bits per heavy atom. The van der Waals surface area contributed by atoms with Crippen LogP contribution in [0.2, 0.25) is 0 Å². The van der Waals surface area contributed by atoms with Gasteiger partial charge in [0.15, 0.2) is 5.52 Å². The van der Waals surface area contributed by atoms with E-state index in [2.05, 4.69) is 20.9 Å². The lowest BCUT2D eigenvalue weighted by Crippen LogP contribution is -2.40. The highest BCUT2D eigenvalue weighted by Gasteiger charge is 2.26. The maximum atomic E-state index is 12.9. The van der Waals surface area contributed by atoms with Crippen LogP contribution in [0.4, 0.5) is 0 Å². The van der Waals surface area contributed by atoms with Gasteiger partial charge < -0.3 is 0 Å². The van der Waals surface area contributed by atoms with Crippen LogP contribution in [0.3, 0.4) is 0 Å². The molecule has 0 N–H and O–H groups in total. The smallest absolute Gasteiger partial charge is 0.279 e. The van der Waals surface area contributed by atoms with E-state index < -0.39 is 0 Å². The number of nitrogens with zero attached hydrogens (tertiary/aromatic N) is 6. The Morgan fingerprint density at radius 2 is 1.96 bits per heavy atom. The third-order valence-electron chi connectivity index (χ3n) is 5.86. The van der Waals surface area contributed by atoms with Crippen molar-refractivity contribution in [3.63, 3.8) is 0 Å². The fourth-order valence-corrected chi connectivity index (χ4v) is 4.35. The SMILES string of the molecule is Cc1ccc(CN2CCn3c(nn4c(C5CCCC5)ncc4c3=O)C2)cn1. The normalized spacial score (nSPS) is 18.3. The topological polar surface area (TPSA) is 68.3 Å². The van der Waals surface area contributed by atoms with E-state index in [0.29, 0.717) is 24.5 Å². The van der Waals surface area contributed by atoms with Crippen molar-refractivity contribution in [2.75, 3.05) is 6.54 Å². The number of rotatable bonds is 3. The summed E-state index contributed by atoms with van der Waals surface area (Å²) in [6.45, 7) is 4.99. The molecular formula is C20H24N6O. The number of aromatic nitrogens is 5. The summed E-state index contributed by atoms with van der Waals surface area (Å²) in [6.07, 6.45) is 8.41. The second-order valence-corrected chi connectivity index (χ2v) is 7.79. The van der Waals surface area contributed by atoms with Crippen molar-refractivity contribution >= 4 is 5.52 Å². The van der Waals surface area contributed by atoms with Gasteiger partial charge in [-0.05, 0) is 31.4 Å². The van der Waals surface area contributed by atoms with E-state index in [1.165, 1.54) is 18.4 Å². The van der Waals surface area contributed by atoms with Crippen molar-refractivity contribution < 1.29 is 0 Å². The minimum atomic E-state index is 0.0356. The first-order chi connectivity index (χ1) is 13.2. The summed E-state index contributed by atoms with van der Waals surface area (Å²) in [6, 6.07) is 4.16. The molecule has 0 unspecified atom stereocenters. The van der Waals surface area contributed by atoms with E-state index in [9.17, 15) is 4.79 Å². The van der Waals surface area contributed by atoms with Crippen LogP contribution >= 0.6 is 0 Å². The third-order valence-corrected chi connectivity index (χ3v) is 5.86. The Morgan fingerprint density at radius 1 is 1.11 bits per heavy atom. The summed E-state index contributed by atoms with van der Waals surface area (Å²) in [4.78, 5) is 24.2. The Hall–Kier alpha value is -2.54. The van der Waals surface area contributed by atoms with Gasteiger partial charge in [0.2, 0.25) is 0 Å². The molecule has 4 heterocycles. The number of hydrogen-bond acceptors (Lipinski definition) is 5. The average molecular weight is 364 g/mol. The van der Waals surface area contributed by atoms with Crippen molar-refractivity contribution in [2.24, 2.45) is 0 Å². The molecule has 2 aliphatic rings. The molecule has 0 radical (unpaired) electrons. The molecule has 0 aromatic carbocycles. The van der Waals surface area contributed by atoms with Crippen LogP contribution in [-0.4, -0.2) is 35.6 Å². The lowest BCUT2D eigenvalue weighted by atomic mass is 10.1. The van der Waals surface area contributed by atoms with Gasteiger partial charge in [-0.15, -0.1) is 0 Å². The molecule has 140 valence electrons. The largest absolute Gasteiger partial charge is 0.291 e. The van der Waals surface area contributed by atoms with Gasteiger partial charge in [-0.2, -0.15) is 5.10 Å². The van der Waals surface area contributed by atoms with Gasteiger partial charge in [-0.3, -0.25) is 19.2 Å². The first kappa shape index (κ1) is 16.6. The molecule has 1 aliphatic carbocycles. The Kier molecular flexibility index (Phi) is 4.04. The van der Waals surface area contributed by atoms with E-state index in [1.54, 1.807) is 6.20 Å². The number of fused-ring (bicyclic) bond motifs is 2. The predicted octanol–water partition coefficient (Wildman–Crippen LogP) is 2.27. The summed E-state index contributed by atoms with van der Waals surface area (Å²) >= 11 is 0. The second kappa shape index (κ2) is 6.56. The van der Waals surface area contributed by atoms with Gasteiger partial charge in [-0.25, -0.2) is 9.50 Å². The number of imidazole rings is 1. The van der Waals surface area contributed by atoms with Gasteiger partial charge in [0.1, 0.15) is 11.6 Å². The van der Waals surface area contributed by atoms with Crippen LogP contribution in [-0.2, 0) is 19.6 Å². The third kappa shape index (κ3) is 2.96. The van der Waals surface area contributed by atoms with Gasteiger partial charge in [0, 0.05) is 37.4 Å². The van der Waals surface area contributed by atoms with Gasteiger partial charge in [0.25, 0.3) is 5.56 Å². The Bertz CT molecular complexity index is 1030. The average Bonchev–Trinajstić information content (AvgIpc) is 3.33. The summed E-state index contributed by atoms with van der Waals surface area (Å²) in [5.74, 6) is 2.22. The molecule has 27 heavy (non-hydrogen) atoms. The Labute approximate surface area is 157 Å². The van der Waals surface area contributed by atoms with Crippen molar-refractivity contribution in [1.29, 1.82) is 0 Å². The first-order valence-electron chi connectivity index (χ1n) is 9.80. The van der Waals surface area contributed by atoms with E-state index in [-0.39, 0.29) is 5.56 Å².